The summed E-state index contributed by atoms with van der Waals surface area (Å²) >= 11 is 0. The van der Waals surface area contributed by atoms with Gasteiger partial charge in [-0.05, 0) is 11.6 Å². The number of anilines is 1. The number of rotatable bonds is 10. The van der Waals surface area contributed by atoms with Gasteiger partial charge in [0.05, 0.1) is 6.61 Å². The van der Waals surface area contributed by atoms with E-state index in [-0.39, 0.29) is 22.9 Å². The Labute approximate surface area is 222 Å². The van der Waals surface area contributed by atoms with Crippen LogP contribution in [0.5, 0.6) is 0 Å². The standard InChI is InChI=1S/C18H22N5O14P3/c19-18-21-15-12(16(26)22-18)20-11(7-6-9-4-2-1-3-5-9)23(15)17-14(25)13(24)10(35-17)8-34-39(30,31)37-40(32,33)36-38(27,28)29/h1-7,10,13-14,17,24-25H,8H2,(H,30,31)(H,32,33)(H2,27,28,29)(H3,19,21,22,26)/b7-6+/t10-,13+,14?,17-/m1/s1. The Balaban J connectivity index is 1.61. The summed E-state index contributed by atoms with van der Waals surface area (Å²) < 4.78 is 52.9. The van der Waals surface area contributed by atoms with Crippen molar-refractivity contribution in [2.45, 2.75) is 24.5 Å². The lowest BCUT2D eigenvalue weighted by atomic mass is 10.1. The Kier molecular flexibility index (Phi) is 8.61. The molecule has 9 N–H and O–H groups in total. The number of aromatic nitrogens is 4. The summed E-state index contributed by atoms with van der Waals surface area (Å²) in [5, 5.41) is 21.3. The fourth-order valence-corrected chi connectivity index (χ4v) is 6.70. The van der Waals surface area contributed by atoms with Gasteiger partial charge in [0.1, 0.15) is 24.1 Å². The van der Waals surface area contributed by atoms with Gasteiger partial charge in [0.2, 0.25) is 5.95 Å². The van der Waals surface area contributed by atoms with E-state index in [1.807, 2.05) is 0 Å². The number of hydrogen-bond donors (Lipinski definition) is 8. The number of nitrogens with two attached hydrogens (primary N) is 1. The van der Waals surface area contributed by atoms with Crippen molar-refractivity contribution in [3.63, 3.8) is 0 Å². The molecule has 3 unspecified atom stereocenters. The first-order valence-corrected chi connectivity index (χ1v) is 15.4. The number of phosphoric ester groups is 1. The van der Waals surface area contributed by atoms with Crippen LogP contribution in [0.2, 0.25) is 0 Å². The Hall–Kier alpha value is -2.60. The predicted octanol–water partition coefficient (Wildman–Crippen LogP) is -0.165. The summed E-state index contributed by atoms with van der Waals surface area (Å²) in [6, 6.07) is 8.90. The first-order chi connectivity index (χ1) is 18.6. The zero-order valence-electron chi connectivity index (χ0n) is 19.8. The molecule has 1 aliphatic heterocycles. The molecule has 4 rings (SSSR count). The number of aromatic amines is 1. The zero-order valence-corrected chi connectivity index (χ0v) is 22.5. The molecule has 0 spiro atoms. The topological polar surface area (TPSA) is 299 Å². The second-order valence-corrected chi connectivity index (χ2v) is 12.6. The fourth-order valence-electron chi connectivity index (χ4n) is 3.67. The molecule has 3 aromatic rings. The molecule has 0 saturated carbocycles. The Bertz CT molecular complexity index is 1620. The third-order valence-corrected chi connectivity index (χ3v) is 9.03. The third-order valence-electron chi connectivity index (χ3n) is 5.23. The van der Waals surface area contributed by atoms with E-state index in [1.165, 1.54) is 6.08 Å². The molecule has 22 heteroatoms. The maximum atomic E-state index is 12.5. The second-order valence-electron chi connectivity index (χ2n) is 8.14. The van der Waals surface area contributed by atoms with Crippen molar-refractivity contribution in [3.05, 3.63) is 52.1 Å². The number of fused-ring (bicyclic) bond motifs is 1. The Morgan fingerprint density at radius 2 is 1.68 bits per heavy atom. The number of ether oxygens (including phenoxy) is 1. The number of nitrogens with zero attached hydrogens (tertiary/aromatic N) is 3. The molecule has 0 aliphatic carbocycles. The SMILES string of the molecule is Nc1nc2c(nc(/C=C/c3ccccc3)n2[C@@H]2O[C@H](COP(=O)(O)OP(=O)(O)OP(=O)(O)O)[C@H](O)C2O)c(=O)[nH]1. The molecule has 218 valence electrons. The van der Waals surface area contributed by atoms with Gasteiger partial charge >= 0.3 is 23.5 Å². The van der Waals surface area contributed by atoms with Crippen LogP contribution < -0.4 is 11.3 Å². The van der Waals surface area contributed by atoms with Crippen molar-refractivity contribution >= 4 is 52.7 Å². The highest BCUT2D eigenvalue weighted by Crippen LogP contribution is 2.66. The average molecular weight is 625 g/mol. The van der Waals surface area contributed by atoms with Crippen LogP contribution in [0.15, 0.2) is 35.1 Å². The van der Waals surface area contributed by atoms with E-state index in [9.17, 15) is 38.5 Å². The molecule has 19 nitrogen and oxygen atoms in total. The number of imidazole rings is 1. The molecule has 1 aliphatic rings. The summed E-state index contributed by atoms with van der Waals surface area (Å²) in [5.74, 6) is -0.262. The summed E-state index contributed by atoms with van der Waals surface area (Å²) in [6.07, 6.45) is -3.58. The second kappa shape index (κ2) is 11.3. The van der Waals surface area contributed by atoms with Gasteiger partial charge in [-0.25, -0.2) is 18.7 Å². The van der Waals surface area contributed by atoms with Crippen LogP contribution in [-0.2, 0) is 31.6 Å². The van der Waals surface area contributed by atoms with Crippen LogP contribution in [-0.4, -0.2) is 74.2 Å². The van der Waals surface area contributed by atoms with Gasteiger partial charge in [-0.1, -0.05) is 36.4 Å². The first-order valence-electron chi connectivity index (χ1n) is 10.9. The number of hydrogen-bond acceptors (Lipinski definition) is 13. The van der Waals surface area contributed by atoms with E-state index in [1.54, 1.807) is 36.4 Å². The van der Waals surface area contributed by atoms with Crippen molar-refractivity contribution in [3.8, 4) is 0 Å². The lowest BCUT2D eigenvalue weighted by Crippen LogP contribution is -2.33. The van der Waals surface area contributed by atoms with Crippen molar-refractivity contribution in [2.75, 3.05) is 12.3 Å². The maximum Gasteiger partial charge on any atom is 0.490 e. The van der Waals surface area contributed by atoms with Gasteiger partial charge in [-0.3, -0.25) is 18.9 Å². The Morgan fingerprint density at radius 1 is 1.00 bits per heavy atom. The lowest BCUT2D eigenvalue weighted by molar-refractivity contribution is -0.0505. The minimum absolute atomic E-state index is 0.0345. The smallest absolute Gasteiger partial charge is 0.387 e. The van der Waals surface area contributed by atoms with Crippen LogP contribution in [0, 0.1) is 0 Å². The Morgan fingerprint density at radius 3 is 2.33 bits per heavy atom. The van der Waals surface area contributed by atoms with Gasteiger partial charge in [-0.15, -0.1) is 0 Å². The summed E-state index contributed by atoms with van der Waals surface area (Å²) in [5.41, 5.74) is 5.36. The van der Waals surface area contributed by atoms with Crippen LogP contribution in [0.3, 0.4) is 0 Å². The highest BCUT2D eigenvalue weighted by molar-refractivity contribution is 7.66. The van der Waals surface area contributed by atoms with Gasteiger partial charge in [0, 0.05) is 0 Å². The van der Waals surface area contributed by atoms with Crippen LogP contribution >= 0.6 is 23.5 Å². The van der Waals surface area contributed by atoms with Crippen LogP contribution in [0.1, 0.15) is 17.6 Å². The minimum atomic E-state index is -5.78. The third kappa shape index (κ3) is 7.18. The molecule has 3 heterocycles. The fraction of sp³-hybridized carbons (Fsp3) is 0.278. The van der Waals surface area contributed by atoms with Crippen molar-refractivity contribution in [1.29, 1.82) is 0 Å². The predicted molar refractivity (Wildman–Crippen MR) is 134 cm³/mol. The van der Waals surface area contributed by atoms with E-state index in [0.717, 1.165) is 10.1 Å². The van der Waals surface area contributed by atoms with E-state index in [0.29, 0.717) is 0 Å². The van der Waals surface area contributed by atoms with E-state index >= 15 is 0 Å². The quantitative estimate of drug-likeness (QED) is 0.136. The number of nitrogens with one attached hydrogen (secondary N) is 1. The highest BCUT2D eigenvalue weighted by Gasteiger charge is 2.47. The van der Waals surface area contributed by atoms with Crippen LogP contribution in [0.25, 0.3) is 23.3 Å². The van der Waals surface area contributed by atoms with Crippen molar-refractivity contribution in [1.82, 2.24) is 19.5 Å². The number of benzene rings is 1. The van der Waals surface area contributed by atoms with Gasteiger partial charge in [-0.2, -0.15) is 13.6 Å². The van der Waals surface area contributed by atoms with Crippen LogP contribution in [0.4, 0.5) is 5.95 Å². The number of H-pyrrole nitrogens is 1. The molecule has 2 aromatic heterocycles. The van der Waals surface area contributed by atoms with Crippen molar-refractivity contribution < 1.29 is 61.4 Å². The number of aliphatic hydroxyl groups is 2. The molecular weight excluding hydrogens is 603 g/mol. The molecule has 6 atom stereocenters. The number of nitrogen functional groups attached to an aromatic ring is 1. The molecular formula is C18H22N5O14P3. The molecule has 1 aromatic carbocycles. The monoisotopic (exact) mass is 625 g/mol. The van der Waals surface area contributed by atoms with E-state index in [2.05, 4.69) is 28.1 Å². The summed E-state index contributed by atoms with van der Waals surface area (Å²) in [7, 11) is -16.9. The van der Waals surface area contributed by atoms with Gasteiger partial charge in [0.15, 0.2) is 17.4 Å². The van der Waals surface area contributed by atoms with E-state index < -0.39 is 60.2 Å². The molecule has 1 fully saturated rings. The number of phosphoric acid groups is 3. The highest BCUT2D eigenvalue weighted by atomic mass is 31.3. The molecule has 1 saturated heterocycles. The normalized spacial score (nSPS) is 24.9. The largest absolute Gasteiger partial charge is 0.490 e. The molecule has 0 amide bonds. The molecule has 40 heavy (non-hydrogen) atoms. The first kappa shape index (κ1) is 30.4. The summed E-state index contributed by atoms with van der Waals surface area (Å²) in [4.78, 5) is 59.2. The average Bonchev–Trinajstić information content (AvgIpc) is 3.31. The number of aliphatic hydroxyl groups excluding tert-OH is 2. The minimum Gasteiger partial charge on any atom is -0.387 e. The lowest BCUT2D eigenvalue weighted by Gasteiger charge is -2.19. The zero-order chi connectivity index (χ0) is 29.5. The van der Waals surface area contributed by atoms with E-state index in [4.69, 9.17) is 20.3 Å². The van der Waals surface area contributed by atoms with Gasteiger partial charge < -0.3 is 40.3 Å². The summed E-state index contributed by atoms with van der Waals surface area (Å²) in [6.45, 7) is -1.05. The van der Waals surface area contributed by atoms with Crippen molar-refractivity contribution in [2.24, 2.45) is 0 Å². The molecule has 0 radical (unpaired) electrons. The molecule has 0 bridgehead atoms. The van der Waals surface area contributed by atoms with Gasteiger partial charge in [0.25, 0.3) is 5.56 Å². The maximum absolute atomic E-state index is 12.5.